The summed E-state index contributed by atoms with van der Waals surface area (Å²) in [5.41, 5.74) is 1.51. The lowest BCUT2D eigenvalue weighted by Gasteiger charge is -2.26. The normalized spacial score (nSPS) is 15.9. The lowest BCUT2D eigenvalue weighted by Crippen LogP contribution is -2.43. The predicted octanol–water partition coefficient (Wildman–Crippen LogP) is 3.50. The van der Waals surface area contributed by atoms with Gasteiger partial charge in [-0.05, 0) is 56.5 Å². The third kappa shape index (κ3) is 3.12. The summed E-state index contributed by atoms with van der Waals surface area (Å²) >= 11 is 0. The van der Waals surface area contributed by atoms with E-state index in [1.54, 1.807) is 23.1 Å². The minimum atomic E-state index is -0.990. The number of carbonyl (C=O) groups is 2. The summed E-state index contributed by atoms with van der Waals surface area (Å²) in [5, 5.41) is 2.88. The van der Waals surface area contributed by atoms with E-state index >= 15 is 0 Å². The number of hydrogen-bond acceptors (Lipinski definition) is 4. The Bertz CT molecular complexity index is 905. The van der Waals surface area contributed by atoms with Crippen LogP contribution in [0.15, 0.2) is 42.5 Å². The van der Waals surface area contributed by atoms with E-state index in [1.165, 1.54) is 0 Å². The van der Waals surface area contributed by atoms with Gasteiger partial charge in [-0.15, -0.1) is 0 Å². The summed E-state index contributed by atoms with van der Waals surface area (Å²) in [6, 6.07) is 13.0. The molecule has 0 spiro atoms. The fraction of sp³-hybridized carbons (Fsp3) is 0.333. The van der Waals surface area contributed by atoms with Gasteiger partial charge in [-0.25, -0.2) is 0 Å². The highest BCUT2D eigenvalue weighted by atomic mass is 16.7. The second kappa shape index (κ2) is 6.61. The smallest absolute Gasteiger partial charge is 0.242 e. The van der Waals surface area contributed by atoms with Crippen LogP contribution in [0.25, 0.3) is 0 Å². The van der Waals surface area contributed by atoms with Crippen LogP contribution in [0.5, 0.6) is 11.5 Å². The number of carbonyl (C=O) groups excluding carboxylic acids is 2. The average Bonchev–Trinajstić information content (AvgIpc) is 3.34. The Balaban J connectivity index is 1.53. The van der Waals surface area contributed by atoms with Crippen molar-refractivity contribution in [3.63, 3.8) is 0 Å². The molecule has 140 valence electrons. The molecule has 1 saturated carbocycles. The summed E-state index contributed by atoms with van der Waals surface area (Å²) in [6.45, 7) is 4.60. The van der Waals surface area contributed by atoms with Gasteiger partial charge in [0.1, 0.15) is 5.41 Å². The Hall–Kier alpha value is -3.02. The number of nitrogens with zero attached hydrogens (tertiary/aromatic N) is 1. The molecule has 0 saturated heterocycles. The first-order chi connectivity index (χ1) is 13.0. The molecule has 6 nitrogen and oxygen atoms in total. The second-order valence-corrected chi connectivity index (χ2v) is 6.99. The molecule has 1 heterocycles. The predicted molar refractivity (Wildman–Crippen MR) is 102 cm³/mol. The zero-order valence-corrected chi connectivity index (χ0v) is 15.5. The lowest BCUT2D eigenvalue weighted by molar-refractivity contribution is -0.132. The van der Waals surface area contributed by atoms with E-state index in [0.29, 0.717) is 36.6 Å². The van der Waals surface area contributed by atoms with Crippen LogP contribution in [-0.4, -0.2) is 25.2 Å². The molecule has 0 atom stereocenters. The molecule has 27 heavy (non-hydrogen) atoms. The van der Waals surface area contributed by atoms with Gasteiger partial charge in [-0.2, -0.15) is 0 Å². The maximum atomic E-state index is 13.2. The summed E-state index contributed by atoms with van der Waals surface area (Å²) in [6.07, 6.45) is 1.12. The molecule has 1 N–H and O–H groups in total. The summed E-state index contributed by atoms with van der Waals surface area (Å²) in [5.74, 6) is 0.840. The van der Waals surface area contributed by atoms with Crippen LogP contribution in [0.2, 0.25) is 0 Å². The number of rotatable bonds is 5. The SMILES string of the molecule is CCN(C(=O)C1(C(=O)Nc2ccc3c(c2)OCO3)CC1)c1cccc(C)c1. The maximum Gasteiger partial charge on any atom is 0.242 e. The lowest BCUT2D eigenvalue weighted by atomic mass is 10.0. The first-order valence-electron chi connectivity index (χ1n) is 9.13. The number of anilines is 2. The van der Waals surface area contributed by atoms with Crippen LogP contribution in [0.1, 0.15) is 25.3 Å². The van der Waals surface area contributed by atoms with E-state index in [4.69, 9.17) is 9.47 Å². The molecule has 0 unspecified atom stereocenters. The Morgan fingerprint density at radius 3 is 2.59 bits per heavy atom. The van der Waals surface area contributed by atoms with Crippen molar-refractivity contribution < 1.29 is 19.1 Å². The minimum Gasteiger partial charge on any atom is -0.454 e. The van der Waals surface area contributed by atoms with Crippen molar-refractivity contribution in [3.8, 4) is 11.5 Å². The van der Waals surface area contributed by atoms with Gasteiger partial charge in [0.25, 0.3) is 0 Å². The Morgan fingerprint density at radius 2 is 1.89 bits per heavy atom. The number of aryl methyl sites for hydroxylation is 1. The third-order valence-electron chi connectivity index (χ3n) is 5.10. The van der Waals surface area contributed by atoms with Gasteiger partial charge in [0.05, 0.1) is 0 Å². The van der Waals surface area contributed by atoms with Crippen molar-refractivity contribution in [3.05, 3.63) is 48.0 Å². The van der Waals surface area contributed by atoms with Gasteiger partial charge < -0.3 is 19.7 Å². The standard InChI is InChI=1S/C21H22N2O4/c1-3-23(16-6-4-5-14(2)11-16)20(25)21(9-10-21)19(24)22-15-7-8-17-18(12-15)27-13-26-17/h4-8,11-12H,3,9-10,13H2,1-2H3,(H,22,24). The molecule has 1 aliphatic carbocycles. The Morgan fingerprint density at radius 1 is 1.11 bits per heavy atom. The number of ether oxygens (including phenoxy) is 2. The van der Waals surface area contributed by atoms with Crippen molar-refractivity contribution in [2.45, 2.75) is 26.7 Å². The molecule has 2 amide bonds. The maximum absolute atomic E-state index is 13.2. The molecule has 2 aromatic carbocycles. The number of amides is 2. The average molecular weight is 366 g/mol. The molecular weight excluding hydrogens is 344 g/mol. The van der Waals surface area contributed by atoms with Crippen LogP contribution in [0.3, 0.4) is 0 Å². The molecule has 2 aromatic rings. The number of nitrogens with one attached hydrogen (secondary N) is 1. The quantitative estimate of drug-likeness (QED) is 0.823. The topological polar surface area (TPSA) is 67.9 Å². The fourth-order valence-electron chi connectivity index (χ4n) is 3.39. The van der Waals surface area contributed by atoms with Crippen molar-refractivity contribution in [2.24, 2.45) is 5.41 Å². The molecule has 0 aromatic heterocycles. The van der Waals surface area contributed by atoms with Gasteiger partial charge in [-0.1, -0.05) is 12.1 Å². The highest BCUT2D eigenvalue weighted by molar-refractivity contribution is 6.17. The molecule has 6 heteroatoms. The molecule has 1 fully saturated rings. The van der Waals surface area contributed by atoms with E-state index in [2.05, 4.69) is 5.32 Å². The number of hydrogen-bond donors (Lipinski definition) is 1. The van der Waals surface area contributed by atoms with Crippen LogP contribution in [0.4, 0.5) is 11.4 Å². The van der Waals surface area contributed by atoms with Crippen LogP contribution in [0, 0.1) is 12.3 Å². The van der Waals surface area contributed by atoms with Crippen molar-refractivity contribution in [1.82, 2.24) is 0 Å². The molecule has 1 aliphatic heterocycles. The summed E-state index contributed by atoms with van der Waals surface area (Å²) < 4.78 is 10.6. The van der Waals surface area contributed by atoms with Crippen molar-refractivity contribution in [2.75, 3.05) is 23.6 Å². The molecular formula is C21H22N2O4. The van der Waals surface area contributed by atoms with E-state index in [-0.39, 0.29) is 18.6 Å². The van der Waals surface area contributed by atoms with E-state index in [0.717, 1.165) is 11.3 Å². The van der Waals surface area contributed by atoms with Crippen molar-refractivity contribution >= 4 is 23.2 Å². The van der Waals surface area contributed by atoms with Gasteiger partial charge in [0, 0.05) is 24.0 Å². The number of benzene rings is 2. The molecule has 0 radical (unpaired) electrons. The first kappa shape index (κ1) is 17.4. The monoisotopic (exact) mass is 366 g/mol. The van der Waals surface area contributed by atoms with Gasteiger partial charge in [0.15, 0.2) is 11.5 Å². The molecule has 2 aliphatic rings. The van der Waals surface area contributed by atoms with E-state index in [9.17, 15) is 9.59 Å². The molecule has 0 bridgehead atoms. The largest absolute Gasteiger partial charge is 0.454 e. The van der Waals surface area contributed by atoms with Crippen LogP contribution >= 0.6 is 0 Å². The van der Waals surface area contributed by atoms with E-state index in [1.807, 2.05) is 38.1 Å². The highest BCUT2D eigenvalue weighted by Crippen LogP contribution is 2.49. The van der Waals surface area contributed by atoms with Gasteiger partial charge in [-0.3, -0.25) is 9.59 Å². The third-order valence-corrected chi connectivity index (χ3v) is 5.10. The highest BCUT2D eigenvalue weighted by Gasteiger charge is 2.58. The van der Waals surface area contributed by atoms with Crippen LogP contribution < -0.4 is 19.7 Å². The van der Waals surface area contributed by atoms with Gasteiger partial charge in [0.2, 0.25) is 18.6 Å². The second-order valence-electron chi connectivity index (χ2n) is 6.99. The fourth-order valence-corrected chi connectivity index (χ4v) is 3.39. The number of fused-ring (bicyclic) bond motifs is 1. The Labute approximate surface area is 158 Å². The van der Waals surface area contributed by atoms with E-state index < -0.39 is 5.41 Å². The van der Waals surface area contributed by atoms with Crippen molar-refractivity contribution in [1.29, 1.82) is 0 Å². The van der Waals surface area contributed by atoms with Crippen LogP contribution in [-0.2, 0) is 9.59 Å². The van der Waals surface area contributed by atoms with Gasteiger partial charge >= 0.3 is 0 Å². The Kier molecular flexibility index (Phi) is 4.26. The summed E-state index contributed by atoms with van der Waals surface area (Å²) in [4.78, 5) is 27.8. The zero-order chi connectivity index (χ0) is 19.0. The molecule has 4 rings (SSSR count). The first-order valence-corrected chi connectivity index (χ1v) is 9.13. The summed E-state index contributed by atoms with van der Waals surface area (Å²) in [7, 11) is 0. The minimum absolute atomic E-state index is 0.145. The zero-order valence-electron chi connectivity index (χ0n) is 15.5.